The Morgan fingerprint density at radius 1 is 1.14 bits per heavy atom. The summed E-state index contributed by atoms with van der Waals surface area (Å²) in [5, 5.41) is 0. The number of ketones is 1. The Hall–Kier alpha value is -1.59. The van der Waals surface area contributed by atoms with Crippen molar-refractivity contribution in [2.24, 2.45) is 0 Å². The van der Waals surface area contributed by atoms with Gasteiger partial charge >= 0.3 is 5.97 Å². The molecule has 3 nitrogen and oxygen atoms in total. The summed E-state index contributed by atoms with van der Waals surface area (Å²) in [6.45, 7) is 0. The second-order valence-corrected chi connectivity index (χ2v) is 6.61. The summed E-state index contributed by atoms with van der Waals surface area (Å²) in [5.74, 6) is -0.415. The van der Waals surface area contributed by atoms with E-state index >= 15 is 0 Å². The maximum Gasteiger partial charge on any atom is 0.340 e. The number of thioether (sulfide) groups is 1. The van der Waals surface area contributed by atoms with Crippen LogP contribution in [-0.4, -0.2) is 17.2 Å². The number of hydrogen-bond donors (Lipinski definition) is 0. The quantitative estimate of drug-likeness (QED) is 0.602. The smallest absolute Gasteiger partial charge is 0.340 e. The molecular weight excluding hydrogens is 352 g/mol. The van der Waals surface area contributed by atoms with Crippen LogP contribution in [0.5, 0.6) is 0 Å². The Morgan fingerprint density at radius 2 is 1.86 bits per heavy atom. The van der Waals surface area contributed by atoms with Gasteiger partial charge in [0.15, 0.2) is 11.2 Å². The van der Waals surface area contributed by atoms with E-state index < -0.39 is 5.44 Å². The van der Waals surface area contributed by atoms with Crippen LogP contribution in [0.25, 0.3) is 0 Å². The fourth-order valence-corrected chi connectivity index (χ4v) is 3.71. The molecule has 1 aliphatic heterocycles. The van der Waals surface area contributed by atoms with Crippen molar-refractivity contribution in [2.75, 3.05) is 0 Å². The van der Waals surface area contributed by atoms with Crippen LogP contribution in [0.2, 0.25) is 0 Å². The van der Waals surface area contributed by atoms with Crippen molar-refractivity contribution < 1.29 is 14.3 Å². The van der Waals surface area contributed by atoms with Gasteiger partial charge in [0.2, 0.25) is 0 Å². The summed E-state index contributed by atoms with van der Waals surface area (Å²) in [5.41, 5.74) is 0.687. The zero-order chi connectivity index (χ0) is 14.8. The van der Waals surface area contributed by atoms with Crippen molar-refractivity contribution in [2.45, 2.75) is 16.8 Å². The lowest BCUT2D eigenvalue weighted by Gasteiger charge is -2.23. The van der Waals surface area contributed by atoms with E-state index in [1.54, 1.807) is 18.2 Å². The molecule has 0 aromatic heterocycles. The van der Waals surface area contributed by atoms with Crippen LogP contribution < -0.4 is 0 Å². The number of cyclic esters (lactones) is 1. The number of rotatable bonds is 3. The number of halogens is 1. The topological polar surface area (TPSA) is 43.4 Å². The van der Waals surface area contributed by atoms with Gasteiger partial charge in [0.05, 0.1) is 12.0 Å². The van der Waals surface area contributed by atoms with E-state index in [0.29, 0.717) is 11.1 Å². The lowest BCUT2D eigenvalue weighted by atomic mass is 10.1. The third-order valence-electron chi connectivity index (χ3n) is 3.13. The third kappa shape index (κ3) is 3.04. The SMILES string of the molecule is O=C(CC1OC(=O)c2ccccc2S1)c1ccccc1Br. The normalized spacial score (nSPS) is 17.0. The summed E-state index contributed by atoms with van der Waals surface area (Å²) in [6.07, 6.45) is 0.160. The second kappa shape index (κ2) is 6.03. The van der Waals surface area contributed by atoms with E-state index in [2.05, 4.69) is 15.9 Å². The Balaban J connectivity index is 1.77. The molecule has 0 N–H and O–H groups in total. The van der Waals surface area contributed by atoms with E-state index in [4.69, 9.17) is 4.74 Å². The number of fused-ring (bicyclic) bond motifs is 1. The minimum Gasteiger partial charge on any atom is -0.447 e. The summed E-state index contributed by atoms with van der Waals surface area (Å²) in [6, 6.07) is 14.5. The minimum atomic E-state index is -0.480. The molecular formula is C16H11BrO3S. The molecule has 0 amide bonds. The molecule has 1 unspecified atom stereocenters. The van der Waals surface area contributed by atoms with Gasteiger partial charge in [0, 0.05) is 14.9 Å². The van der Waals surface area contributed by atoms with Crippen LogP contribution in [0.3, 0.4) is 0 Å². The highest BCUT2D eigenvalue weighted by molar-refractivity contribution is 9.10. The molecule has 0 saturated heterocycles. The predicted molar refractivity (Wildman–Crippen MR) is 84.6 cm³/mol. The van der Waals surface area contributed by atoms with Gasteiger partial charge in [-0.1, -0.05) is 58.0 Å². The molecule has 1 atom stereocenters. The van der Waals surface area contributed by atoms with Crippen LogP contribution in [0.1, 0.15) is 27.1 Å². The Morgan fingerprint density at radius 3 is 2.67 bits per heavy atom. The van der Waals surface area contributed by atoms with Gasteiger partial charge in [-0.3, -0.25) is 4.79 Å². The van der Waals surface area contributed by atoms with Crippen molar-refractivity contribution in [3.63, 3.8) is 0 Å². The molecule has 1 heterocycles. The Bertz CT molecular complexity index is 714. The Kier molecular flexibility index (Phi) is 4.12. The van der Waals surface area contributed by atoms with Gasteiger partial charge in [0.25, 0.3) is 0 Å². The minimum absolute atomic E-state index is 0.0489. The van der Waals surface area contributed by atoms with Crippen LogP contribution in [0.4, 0.5) is 0 Å². The molecule has 2 aromatic rings. The second-order valence-electron chi connectivity index (χ2n) is 4.56. The maximum absolute atomic E-state index is 12.3. The molecule has 0 radical (unpaired) electrons. The van der Waals surface area contributed by atoms with Crippen LogP contribution in [0, 0.1) is 0 Å². The molecule has 1 aliphatic rings. The Labute approximate surface area is 134 Å². The van der Waals surface area contributed by atoms with Gasteiger partial charge < -0.3 is 4.74 Å². The zero-order valence-corrected chi connectivity index (χ0v) is 13.3. The standard InChI is InChI=1S/C16H11BrO3S/c17-12-7-3-1-5-10(12)13(18)9-15-20-16(19)11-6-2-4-8-14(11)21-15/h1-8,15H,9H2. The first kappa shape index (κ1) is 14.4. The van der Waals surface area contributed by atoms with Crippen molar-refractivity contribution >= 4 is 39.4 Å². The van der Waals surface area contributed by atoms with Crippen molar-refractivity contribution in [1.29, 1.82) is 0 Å². The highest BCUT2D eigenvalue weighted by Gasteiger charge is 2.29. The molecule has 21 heavy (non-hydrogen) atoms. The molecule has 3 rings (SSSR count). The number of benzene rings is 2. The fraction of sp³-hybridized carbons (Fsp3) is 0.125. The van der Waals surface area contributed by atoms with E-state index in [-0.39, 0.29) is 18.2 Å². The molecule has 2 aromatic carbocycles. The first-order chi connectivity index (χ1) is 10.1. The van der Waals surface area contributed by atoms with Gasteiger partial charge in [-0.25, -0.2) is 4.79 Å². The third-order valence-corrected chi connectivity index (χ3v) is 4.96. The largest absolute Gasteiger partial charge is 0.447 e. The molecule has 0 fully saturated rings. The molecule has 5 heteroatoms. The lowest BCUT2D eigenvalue weighted by molar-refractivity contribution is 0.0428. The van der Waals surface area contributed by atoms with E-state index in [0.717, 1.165) is 9.37 Å². The highest BCUT2D eigenvalue weighted by atomic mass is 79.9. The lowest BCUT2D eigenvalue weighted by Crippen LogP contribution is -2.23. The average Bonchev–Trinajstić information content (AvgIpc) is 2.47. The van der Waals surface area contributed by atoms with E-state index in [1.807, 2.05) is 30.3 Å². The van der Waals surface area contributed by atoms with Crippen LogP contribution in [0.15, 0.2) is 57.9 Å². The van der Waals surface area contributed by atoms with Gasteiger partial charge in [-0.05, 0) is 18.2 Å². The van der Waals surface area contributed by atoms with E-state index in [9.17, 15) is 9.59 Å². The predicted octanol–water partition coefficient (Wildman–Crippen LogP) is 4.31. The summed E-state index contributed by atoms with van der Waals surface area (Å²) in [4.78, 5) is 25.1. The molecule has 0 aliphatic carbocycles. The molecule has 0 bridgehead atoms. The zero-order valence-electron chi connectivity index (χ0n) is 10.9. The summed E-state index contributed by atoms with van der Waals surface area (Å²) in [7, 11) is 0. The number of carbonyl (C=O) groups excluding carboxylic acids is 2. The number of Topliss-reactive ketones (excluding diaryl/α,β-unsaturated/α-hetero) is 1. The molecule has 0 spiro atoms. The van der Waals surface area contributed by atoms with Crippen molar-refractivity contribution in [3.05, 3.63) is 64.1 Å². The first-order valence-corrected chi connectivity index (χ1v) is 8.07. The monoisotopic (exact) mass is 362 g/mol. The number of carbonyl (C=O) groups is 2. The van der Waals surface area contributed by atoms with Crippen molar-refractivity contribution in [1.82, 2.24) is 0 Å². The van der Waals surface area contributed by atoms with Gasteiger partial charge in [-0.15, -0.1) is 0 Å². The highest BCUT2D eigenvalue weighted by Crippen LogP contribution is 2.35. The molecule has 106 valence electrons. The summed E-state index contributed by atoms with van der Waals surface area (Å²) < 4.78 is 6.09. The number of hydrogen-bond acceptors (Lipinski definition) is 4. The van der Waals surface area contributed by atoms with Crippen molar-refractivity contribution in [3.8, 4) is 0 Å². The molecule has 0 saturated carbocycles. The van der Waals surface area contributed by atoms with Crippen LogP contribution >= 0.6 is 27.7 Å². The fourth-order valence-electron chi connectivity index (χ4n) is 2.12. The average molecular weight is 363 g/mol. The van der Waals surface area contributed by atoms with E-state index in [1.165, 1.54) is 11.8 Å². The van der Waals surface area contributed by atoms with Gasteiger partial charge in [0.1, 0.15) is 0 Å². The number of ether oxygens (including phenoxy) is 1. The van der Waals surface area contributed by atoms with Crippen LogP contribution in [-0.2, 0) is 4.74 Å². The first-order valence-electron chi connectivity index (χ1n) is 6.39. The number of esters is 1. The van der Waals surface area contributed by atoms with Gasteiger partial charge in [-0.2, -0.15) is 0 Å². The summed E-state index contributed by atoms with van der Waals surface area (Å²) >= 11 is 4.77. The maximum atomic E-state index is 12.3.